The lowest BCUT2D eigenvalue weighted by molar-refractivity contribution is 0.583. The Morgan fingerprint density at radius 1 is 0.267 bits per heavy atom. The molecule has 0 heterocycles. The van der Waals surface area contributed by atoms with Crippen LogP contribution in [0.25, 0.3) is 56.7 Å². The van der Waals surface area contributed by atoms with E-state index in [0.717, 1.165) is 157 Å². The van der Waals surface area contributed by atoms with Crippen molar-refractivity contribution < 1.29 is 17.6 Å². The molecule has 2 unspecified atom stereocenters. The number of halogens is 4. The molecule has 6 heteroatoms. The van der Waals surface area contributed by atoms with Crippen molar-refractivity contribution in [3.63, 3.8) is 0 Å². The van der Waals surface area contributed by atoms with E-state index in [1.807, 2.05) is 22.0 Å². The first-order valence-electron chi connectivity index (χ1n) is 34.3. The second kappa shape index (κ2) is 23.0. The summed E-state index contributed by atoms with van der Waals surface area (Å²) in [5.41, 5.74) is 27.7. The average molecular weight is 1310 g/mol. The predicted octanol–water partition coefficient (Wildman–Crippen LogP) is 24.8. The molecule has 4 aliphatic rings. The second-order valence-corrected chi connectivity index (χ2v) is 27.5. The summed E-state index contributed by atoms with van der Waals surface area (Å²) in [6.45, 7) is 16.8. The molecule has 0 amide bonds. The van der Waals surface area contributed by atoms with Gasteiger partial charge in [0.15, 0.2) is 0 Å². The zero-order valence-corrected chi connectivity index (χ0v) is 56.2. The highest BCUT2D eigenvalue weighted by atomic mass is 19.1. The number of rotatable bonds is 12. The molecule has 0 N–H and O–H groups in total. The van der Waals surface area contributed by atoms with Gasteiger partial charge in [0.2, 0.25) is 0 Å². The average Bonchev–Trinajstić information content (AvgIpc) is 1.52. The lowest BCUT2D eigenvalue weighted by Crippen LogP contribution is -2.30. The van der Waals surface area contributed by atoms with Crippen molar-refractivity contribution in [2.45, 2.75) is 43.9 Å². The summed E-state index contributed by atoms with van der Waals surface area (Å²) in [6.07, 6.45) is 3.72. The molecule has 14 aromatic rings. The molecular weight excluding hydrogens is 1250 g/mol. The molecule has 101 heavy (non-hydrogen) atoms. The Kier molecular flexibility index (Phi) is 13.9. The van der Waals surface area contributed by atoms with E-state index in [4.69, 9.17) is 0 Å². The van der Waals surface area contributed by atoms with E-state index in [0.29, 0.717) is 22.7 Å². The number of fused-ring (bicyclic) bond motifs is 16. The van der Waals surface area contributed by atoms with Gasteiger partial charge in [0.1, 0.15) is 23.3 Å². The third kappa shape index (κ3) is 8.77. The lowest BCUT2D eigenvalue weighted by Gasteiger charge is -2.36. The van der Waals surface area contributed by atoms with Gasteiger partial charge in [-0.05, 0) is 234 Å². The van der Waals surface area contributed by atoms with Crippen molar-refractivity contribution in [2.75, 3.05) is 9.80 Å². The quantitative estimate of drug-likeness (QED) is 0.113. The summed E-state index contributed by atoms with van der Waals surface area (Å²) >= 11 is 0. The molecule has 0 saturated heterocycles. The third-order valence-corrected chi connectivity index (χ3v) is 22.2. The molecule has 2 atom stereocenters. The van der Waals surface area contributed by atoms with Crippen LogP contribution in [-0.4, -0.2) is 0 Å². The molecule has 0 bridgehead atoms. The van der Waals surface area contributed by atoms with E-state index < -0.39 is 39.5 Å². The predicted molar refractivity (Wildman–Crippen MR) is 406 cm³/mol. The Labute approximate surface area is 586 Å². The topological polar surface area (TPSA) is 6.48 Å². The molecule has 2 nitrogen and oxygen atoms in total. The molecule has 4 aliphatic carbocycles. The van der Waals surface area contributed by atoms with Crippen molar-refractivity contribution in [3.8, 4) is 44.5 Å². The first-order chi connectivity index (χ1) is 49.2. The minimum Gasteiger partial charge on any atom is -0.308 e. The van der Waals surface area contributed by atoms with E-state index in [-0.39, 0.29) is 11.4 Å². The Bertz CT molecular complexity index is 5480. The van der Waals surface area contributed by atoms with Crippen molar-refractivity contribution in [1.82, 2.24) is 0 Å². The van der Waals surface area contributed by atoms with Gasteiger partial charge in [-0.2, -0.15) is 0 Å². The van der Waals surface area contributed by atoms with Crippen LogP contribution in [0.5, 0.6) is 0 Å². The summed E-state index contributed by atoms with van der Waals surface area (Å²) < 4.78 is 66.1. The van der Waals surface area contributed by atoms with Crippen molar-refractivity contribution in [1.29, 1.82) is 0 Å². The van der Waals surface area contributed by atoms with Gasteiger partial charge in [-0.1, -0.05) is 243 Å². The van der Waals surface area contributed by atoms with Crippen LogP contribution in [0.3, 0.4) is 0 Å². The first kappa shape index (κ1) is 61.2. The molecule has 0 fully saturated rings. The number of anilines is 6. The highest BCUT2D eigenvalue weighted by Gasteiger charge is 2.54. The Balaban J connectivity index is 0.873. The summed E-state index contributed by atoms with van der Waals surface area (Å²) in [4.78, 5) is 3.89. The maximum atomic E-state index is 17.5. The van der Waals surface area contributed by atoms with Crippen molar-refractivity contribution in [3.05, 3.63) is 428 Å². The van der Waals surface area contributed by atoms with E-state index in [1.54, 1.807) is 0 Å². The minimum absolute atomic E-state index is 0.165. The van der Waals surface area contributed by atoms with Gasteiger partial charge in [-0.15, -0.1) is 0 Å². The summed E-state index contributed by atoms with van der Waals surface area (Å²) in [5, 5.41) is 0. The van der Waals surface area contributed by atoms with E-state index >= 15 is 17.6 Å². The monoisotopic (exact) mass is 1310 g/mol. The van der Waals surface area contributed by atoms with Gasteiger partial charge >= 0.3 is 0 Å². The first-order valence-corrected chi connectivity index (χ1v) is 34.3. The molecule has 18 rings (SSSR count). The number of nitrogens with zero attached hydrogens (tertiary/aromatic N) is 2. The van der Waals surface area contributed by atoms with Crippen LogP contribution >= 0.6 is 0 Å². The van der Waals surface area contributed by atoms with Crippen LogP contribution in [0.4, 0.5) is 51.7 Å². The molecule has 1 spiro atoms. The van der Waals surface area contributed by atoms with Gasteiger partial charge < -0.3 is 9.80 Å². The zero-order valence-electron chi connectivity index (χ0n) is 56.2. The number of aryl methyl sites for hydroxylation is 4. The fourth-order valence-corrected chi connectivity index (χ4v) is 17.9. The second-order valence-electron chi connectivity index (χ2n) is 27.5. The highest BCUT2D eigenvalue weighted by molar-refractivity contribution is 5.99. The van der Waals surface area contributed by atoms with Gasteiger partial charge in [-0.3, -0.25) is 0 Å². The Hall–Kier alpha value is -12.1. The summed E-state index contributed by atoms with van der Waals surface area (Å²) in [6, 6.07) is 98.3. The Morgan fingerprint density at radius 3 is 0.881 bits per heavy atom. The molecule has 484 valence electrons. The number of benzene rings is 14. The molecular formula is C95H66F4N2. The maximum Gasteiger partial charge on any atom is 0.150 e. The van der Waals surface area contributed by atoms with Crippen LogP contribution in [-0.2, 0) is 16.2 Å². The maximum absolute atomic E-state index is 17.5. The smallest absolute Gasteiger partial charge is 0.150 e. The van der Waals surface area contributed by atoms with E-state index in [1.165, 1.54) is 24.3 Å². The fraction of sp³-hybridized carbons (Fsp3) is 0.0737. The van der Waals surface area contributed by atoms with Gasteiger partial charge in [0.25, 0.3) is 0 Å². The number of hydrogen-bond acceptors (Lipinski definition) is 2. The van der Waals surface area contributed by atoms with Crippen LogP contribution < -0.4 is 9.80 Å². The molecule has 0 aliphatic heterocycles. The third-order valence-electron chi connectivity index (χ3n) is 22.2. The number of hydrogen-bond donors (Lipinski definition) is 0. The minimum atomic E-state index is -1.02. The summed E-state index contributed by atoms with van der Waals surface area (Å²) in [7, 11) is 0. The normalized spacial score (nSPS) is 16.7. The van der Waals surface area contributed by atoms with E-state index in [9.17, 15) is 0 Å². The van der Waals surface area contributed by atoms with Gasteiger partial charge in [-0.25, -0.2) is 17.6 Å². The molecule has 0 aromatic heterocycles. The fourth-order valence-electron chi connectivity index (χ4n) is 17.9. The van der Waals surface area contributed by atoms with Crippen LogP contribution in [0.15, 0.2) is 304 Å². The molecule has 14 aromatic carbocycles. The SMILES string of the molecule is C=Cc1ccc(C2(c3cc(C)ccc3C)c3ccccc3-c3ccc(N(c4ccc5c(c4)C4(c6ccccc6-5)c5ccccc5-c5ccc(N(c6ccc7c(c6)C(c6ccc(C=C)cc6)(c6cc(C)ccc6C)c6ccccc6-7)c6ccc(F)cc6F)cc54)c4ccc(F)cc4F)cc32)cc1. The van der Waals surface area contributed by atoms with Crippen molar-refractivity contribution >= 4 is 46.3 Å². The van der Waals surface area contributed by atoms with Crippen LogP contribution in [0.1, 0.15) is 100 Å². The lowest BCUT2D eigenvalue weighted by atomic mass is 9.66. The zero-order chi connectivity index (χ0) is 68.8. The van der Waals surface area contributed by atoms with Gasteiger partial charge in [0.05, 0.1) is 27.6 Å². The van der Waals surface area contributed by atoms with Gasteiger partial charge in [0, 0.05) is 34.9 Å². The van der Waals surface area contributed by atoms with Crippen LogP contribution in [0.2, 0.25) is 0 Å². The summed E-state index contributed by atoms with van der Waals surface area (Å²) in [5.74, 6) is -2.83. The standard InChI is InChI=1S/C95H66F4N2/c1-7-61-29-33-63(34-30-61)93(83-49-57(3)25-27-59(83)5)79-21-13-9-17-71(79)75-43-39-67(53-85(75)93)100(91-47-37-65(96)51-89(91)98)69-41-45-77-73-19-11-15-23-81(73)95(87(77)55-69)82-24-16-12-20-74(82)78-46-42-70(56-88(78)95)101(92-48-38-66(97)52-90(92)99)68-40-44-76-72-18-10-14-22-80(72)94(86(76)54-68,64-35-31-62(8-2)32-36-64)84-50-58(4)26-28-60(84)6/h7-56H,1-2H2,3-6H3. The molecule has 0 saturated carbocycles. The molecule has 0 radical (unpaired) electrons. The largest absolute Gasteiger partial charge is 0.308 e. The Morgan fingerprint density at radius 2 is 0.564 bits per heavy atom. The highest BCUT2D eigenvalue weighted by Crippen LogP contribution is 2.66. The van der Waals surface area contributed by atoms with Crippen LogP contribution in [0, 0.1) is 51.0 Å². The van der Waals surface area contributed by atoms with E-state index in [2.05, 4.69) is 296 Å². The van der Waals surface area contributed by atoms with Crippen molar-refractivity contribution in [2.24, 2.45) is 0 Å².